The number of rotatable bonds is 7. The molecule has 114 valence electrons. The Bertz CT molecular complexity index is 606. The van der Waals surface area contributed by atoms with Crippen LogP contribution in [-0.2, 0) is 11.2 Å². The molecule has 2 aromatic rings. The monoisotopic (exact) mass is 294 g/mol. The number of hydrogen-bond donors (Lipinski definition) is 1. The van der Waals surface area contributed by atoms with Crippen LogP contribution < -0.4 is 5.43 Å². The summed E-state index contributed by atoms with van der Waals surface area (Å²) in [6.45, 7) is 2.11. The van der Waals surface area contributed by atoms with E-state index in [0.717, 1.165) is 30.5 Å². The summed E-state index contributed by atoms with van der Waals surface area (Å²) in [5.74, 6) is -0.0478. The minimum atomic E-state index is -0.0478. The molecule has 0 aliphatic rings. The minimum absolute atomic E-state index is 0.0478. The average Bonchev–Trinajstić information content (AvgIpc) is 2.58. The van der Waals surface area contributed by atoms with Crippen molar-refractivity contribution in [2.75, 3.05) is 0 Å². The van der Waals surface area contributed by atoms with Crippen LogP contribution in [0.2, 0.25) is 0 Å². The summed E-state index contributed by atoms with van der Waals surface area (Å²) in [5, 5.41) is 4.31. The van der Waals surface area contributed by atoms with Crippen LogP contribution in [-0.4, -0.2) is 11.6 Å². The number of amides is 1. The number of nitrogens with one attached hydrogen (secondary N) is 1. The molecular weight excluding hydrogens is 272 g/mol. The summed E-state index contributed by atoms with van der Waals surface area (Å²) in [4.78, 5) is 11.9. The van der Waals surface area contributed by atoms with Crippen LogP contribution in [0.5, 0.6) is 0 Å². The molecule has 0 fully saturated rings. The third-order valence-corrected chi connectivity index (χ3v) is 3.39. The average molecular weight is 294 g/mol. The molecule has 1 amide bonds. The van der Waals surface area contributed by atoms with Crippen LogP contribution >= 0.6 is 0 Å². The highest BCUT2D eigenvalue weighted by Gasteiger charge is 2.05. The molecule has 0 aliphatic carbocycles. The zero-order valence-corrected chi connectivity index (χ0v) is 13.0. The standard InChI is InChI=1S/C19H22N2O/c1-2-9-18(17-12-7-4-8-13-17)20-21-19(22)15-14-16-10-5-3-6-11-16/h3-8,10-13H,2,9,14-15H2,1H3,(H,21,22). The van der Waals surface area contributed by atoms with Gasteiger partial charge in [0.05, 0.1) is 5.71 Å². The largest absolute Gasteiger partial charge is 0.273 e. The van der Waals surface area contributed by atoms with E-state index >= 15 is 0 Å². The Morgan fingerprint density at radius 2 is 1.59 bits per heavy atom. The van der Waals surface area contributed by atoms with Crippen LogP contribution in [0.4, 0.5) is 0 Å². The van der Waals surface area contributed by atoms with Crippen molar-refractivity contribution in [2.45, 2.75) is 32.6 Å². The lowest BCUT2D eigenvalue weighted by molar-refractivity contribution is -0.121. The van der Waals surface area contributed by atoms with Crippen molar-refractivity contribution >= 4 is 11.6 Å². The lowest BCUT2D eigenvalue weighted by Crippen LogP contribution is -2.20. The number of aryl methyl sites for hydroxylation is 1. The van der Waals surface area contributed by atoms with Crippen molar-refractivity contribution in [3.8, 4) is 0 Å². The fourth-order valence-electron chi connectivity index (χ4n) is 2.22. The van der Waals surface area contributed by atoms with Gasteiger partial charge < -0.3 is 0 Å². The minimum Gasteiger partial charge on any atom is -0.273 e. The Labute approximate surface area is 132 Å². The molecule has 0 heterocycles. The van der Waals surface area contributed by atoms with Crippen molar-refractivity contribution in [1.82, 2.24) is 5.43 Å². The quantitative estimate of drug-likeness (QED) is 0.610. The smallest absolute Gasteiger partial charge is 0.240 e. The highest BCUT2D eigenvalue weighted by Crippen LogP contribution is 2.06. The maximum atomic E-state index is 11.9. The second kappa shape index (κ2) is 8.78. The Morgan fingerprint density at radius 1 is 0.955 bits per heavy atom. The van der Waals surface area contributed by atoms with Gasteiger partial charge in [0.15, 0.2) is 0 Å². The first kappa shape index (κ1) is 16.0. The number of benzene rings is 2. The van der Waals surface area contributed by atoms with Crippen LogP contribution in [0.1, 0.15) is 37.3 Å². The van der Waals surface area contributed by atoms with Crippen LogP contribution in [0, 0.1) is 0 Å². The predicted molar refractivity (Wildman–Crippen MR) is 90.8 cm³/mol. The number of carbonyl (C=O) groups is 1. The number of carbonyl (C=O) groups excluding carboxylic acids is 1. The predicted octanol–water partition coefficient (Wildman–Crippen LogP) is 3.94. The number of hydrogen-bond acceptors (Lipinski definition) is 2. The van der Waals surface area contributed by atoms with Crippen molar-refractivity contribution < 1.29 is 4.79 Å². The second-order valence-electron chi connectivity index (χ2n) is 5.20. The van der Waals surface area contributed by atoms with Crippen molar-refractivity contribution in [1.29, 1.82) is 0 Å². The van der Waals surface area contributed by atoms with Gasteiger partial charge in [0.2, 0.25) is 5.91 Å². The highest BCUT2D eigenvalue weighted by molar-refractivity contribution is 6.01. The Hall–Kier alpha value is -2.42. The second-order valence-corrected chi connectivity index (χ2v) is 5.20. The Kier molecular flexibility index (Phi) is 6.37. The van der Waals surface area contributed by atoms with E-state index in [9.17, 15) is 4.79 Å². The highest BCUT2D eigenvalue weighted by atomic mass is 16.2. The first-order valence-electron chi connectivity index (χ1n) is 7.74. The Morgan fingerprint density at radius 3 is 2.23 bits per heavy atom. The first-order valence-corrected chi connectivity index (χ1v) is 7.74. The van der Waals surface area contributed by atoms with Crippen molar-refractivity contribution in [3.05, 3.63) is 71.8 Å². The van der Waals surface area contributed by atoms with E-state index in [1.807, 2.05) is 60.7 Å². The maximum Gasteiger partial charge on any atom is 0.240 e. The molecule has 0 aromatic heterocycles. The molecule has 0 spiro atoms. The Balaban J connectivity index is 1.91. The zero-order valence-electron chi connectivity index (χ0n) is 13.0. The molecule has 2 rings (SSSR count). The van der Waals surface area contributed by atoms with Gasteiger partial charge >= 0.3 is 0 Å². The molecule has 3 heteroatoms. The summed E-state index contributed by atoms with van der Waals surface area (Å²) < 4.78 is 0. The molecule has 0 saturated carbocycles. The van der Waals surface area contributed by atoms with E-state index in [2.05, 4.69) is 17.5 Å². The summed E-state index contributed by atoms with van der Waals surface area (Å²) in [6.07, 6.45) is 3.02. The topological polar surface area (TPSA) is 41.5 Å². The van der Waals surface area contributed by atoms with Gasteiger partial charge in [-0.1, -0.05) is 74.0 Å². The van der Waals surface area contributed by atoms with E-state index in [-0.39, 0.29) is 5.91 Å². The normalized spacial score (nSPS) is 11.2. The van der Waals surface area contributed by atoms with Crippen LogP contribution in [0.25, 0.3) is 0 Å². The lowest BCUT2D eigenvalue weighted by Gasteiger charge is -2.06. The van der Waals surface area contributed by atoms with Gasteiger partial charge in [-0.05, 0) is 24.0 Å². The molecular formula is C19H22N2O. The fraction of sp³-hybridized carbons (Fsp3) is 0.263. The maximum absolute atomic E-state index is 11.9. The van der Waals surface area contributed by atoms with E-state index < -0.39 is 0 Å². The third-order valence-electron chi connectivity index (χ3n) is 3.39. The van der Waals surface area contributed by atoms with Gasteiger partial charge in [-0.2, -0.15) is 5.10 Å². The summed E-state index contributed by atoms with van der Waals surface area (Å²) in [5.41, 5.74) is 5.84. The molecule has 1 N–H and O–H groups in total. The number of nitrogens with zero attached hydrogens (tertiary/aromatic N) is 1. The summed E-state index contributed by atoms with van der Waals surface area (Å²) >= 11 is 0. The summed E-state index contributed by atoms with van der Waals surface area (Å²) in [6, 6.07) is 20.0. The van der Waals surface area contributed by atoms with Gasteiger partial charge in [-0.25, -0.2) is 5.43 Å². The van der Waals surface area contributed by atoms with E-state index in [1.165, 1.54) is 5.56 Å². The summed E-state index contributed by atoms with van der Waals surface area (Å²) in [7, 11) is 0. The van der Waals surface area contributed by atoms with E-state index in [1.54, 1.807) is 0 Å². The van der Waals surface area contributed by atoms with Crippen LogP contribution in [0.15, 0.2) is 65.8 Å². The third kappa shape index (κ3) is 5.17. The molecule has 2 aromatic carbocycles. The molecule has 0 aliphatic heterocycles. The van der Waals surface area contributed by atoms with E-state index in [4.69, 9.17) is 0 Å². The van der Waals surface area contributed by atoms with Gasteiger partial charge in [0.1, 0.15) is 0 Å². The fourth-order valence-corrected chi connectivity index (χ4v) is 2.22. The molecule has 0 saturated heterocycles. The molecule has 0 radical (unpaired) electrons. The SMILES string of the molecule is CCCC(=NNC(=O)CCc1ccccc1)c1ccccc1. The molecule has 22 heavy (non-hydrogen) atoms. The van der Waals surface area contributed by atoms with E-state index in [0.29, 0.717) is 6.42 Å². The van der Waals surface area contributed by atoms with Gasteiger partial charge in [-0.15, -0.1) is 0 Å². The van der Waals surface area contributed by atoms with Crippen molar-refractivity contribution in [2.24, 2.45) is 5.10 Å². The molecule has 0 atom stereocenters. The van der Waals surface area contributed by atoms with Crippen LogP contribution in [0.3, 0.4) is 0 Å². The molecule has 0 bridgehead atoms. The van der Waals surface area contributed by atoms with Gasteiger partial charge in [0, 0.05) is 6.42 Å². The van der Waals surface area contributed by atoms with Gasteiger partial charge in [0.25, 0.3) is 0 Å². The first-order chi connectivity index (χ1) is 10.8. The zero-order chi connectivity index (χ0) is 15.6. The lowest BCUT2D eigenvalue weighted by atomic mass is 10.1. The number of hydrazone groups is 1. The van der Waals surface area contributed by atoms with Crippen molar-refractivity contribution in [3.63, 3.8) is 0 Å². The molecule has 3 nitrogen and oxygen atoms in total. The molecule has 0 unspecified atom stereocenters. The van der Waals surface area contributed by atoms with Gasteiger partial charge in [-0.3, -0.25) is 4.79 Å².